The molecule has 0 atom stereocenters. The minimum Gasteiger partial charge on any atom is -0.494 e. The highest BCUT2D eigenvalue weighted by Crippen LogP contribution is 2.15. The number of hydrazone groups is 1. The van der Waals surface area contributed by atoms with Gasteiger partial charge < -0.3 is 4.74 Å². The van der Waals surface area contributed by atoms with Crippen LogP contribution in [0.5, 0.6) is 5.75 Å². The molecule has 0 saturated carbocycles. The maximum atomic E-state index is 11.9. The maximum absolute atomic E-state index is 11.9. The molecule has 160 valence electrons. The normalized spacial score (nSPS) is 10.9. The highest BCUT2D eigenvalue weighted by atomic mass is 16.5. The van der Waals surface area contributed by atoms with Gasteiger partial charge in [-0.25, -0.2) is 10.4 Å². The van der Waals surface area contributed by atoms with Crippen molar-refractivity contribution in [3.05, 3.63) is 112 Å². The van der Waals surface area contributed by atoms with Gasteiger partial charge >= 0.3 is 0 Å². The number of rotatable bonds is 9. The lowest BCUT2D eigenvalue weighted by atomic mass is 10.1. The molecule has 1 aromatic heterocycles. The van der Waals surface area contributed by atoms with Crippen LogP contribution in [0.15, 0.2) is 101 Å². The lowest BCUT2D eigenvalue weighted by Crippen LogP contribution is -2.10. The summed E-state index contributed by atoms with van der Waals surface area (Å²) in [5, 5.41) is 4.18. The molecule has 1 heterocycles. The van der Waals surface area contributed by atoms with E-state index < -0.39 is 0 Å². The van der Waals surface area contributed by atoms with Crippen LogP contribution in [0.4, 0.5) is 5.95 Å². The Kier molecular flexibility index (Phi) is 7.06. The van der Waals surface area contributed by atoms with E-state index in [1.807, 2.05) is 60.7 Å². The fourth-order valence-electron chi connectivity index (χ4n) is 3.20. The van der Waals surface area contributed by atoms with Crippen molar-refractivity contribution in [2.24, 2.45) is 5.10 Å². The number of H-pyrrole nitrogens is 1. The van der Waals surface area contributed by atoms with Crippen molar-refractivity contribution < 1.29 is 4.74 Å². The highest BCUT2D eigenvalue weighted by molar-refractivity contribution is 5.80. The van der Waals surface area contributed by atoms with Gasteiger partial charge in [0.15, 0.2) is 0 Å². The molecule has 0 unspecified atom stereocenters. The van der Waals surface area contributed by atoms with E-state index in [2.05, 4.69) is 44.8 Å². The van der Waals surface area contributed by atoms with E-state index >= 15 is 0 Å². The standard InChI is InChI=1S/C26H24N4O2/c31-25-18-24(22-11-5-2-6-12-22)28-26(29-25)30-27-19-21-13-15-23(16-14-21)32-17-7-10-20-8-3-1-4-9-20/h1-6,8-9,11-16,18-19H,7,10,17H2,(H2,28,29,30,31)/b27-19-. The van der Waals surface area contributed by atoms with Crippen molar-refractivity contribution >= 4 is 12.2 Å². The van der Waals surface area contributed by atoms with Crippen molar-refractivity contribution in [2.45, 2.75) is 12.8 Å². The minimum atomic E-state index is -0.245. The minimum absolute atomic E-state index is 0.245. The second-order valence-electron chi connectivity index (χ2n) is 7.22. The molecule has 0 saturated heterocycles. The van der Waals surface area contributed by atoms with Crippen LogP contribution in [0.2, 0.25) is 0 Å². The number of nitrogens with one attached hydrogen (secondary N) is 2. The third kappa shape index (κ3) is 6.15. The Morgan fingerprint density at radius 3 is 2.41 bits per heavy atom. The zero-order valence-electron chi connectivity index (χ0n) is 17.6. The Bertz CT molecular complexity index is 1200. The van der Waals surface area contributed by atoms with E-state index in [1.165, 1.54) is 11.6 Å². The van der Waals surface area contributed by atoms with Gasteiger partial charge in [-0.15, -0.1) is 0 Å². The molecule has 0 aliphatic heterocycles. The largest absolute Gasteiger partial charge is 0.494 e. The first kappa shape index (κ1) is 21.1. The monoisotopic (exact) mass is 424 g/mol. The Balaban J connectivity index is 1.29. The predicted molar refractivity (Wildman–Crippen MR) is 128 cm³/mol. The Hall–Kier alpha value is -4.19. The molecule has 0 radical (unpaired) electrons. The molecule has 4 rings (SSSR count). The molecule has 32 heavy (non-hydrogen) atoms. The third-order valence-corrected chi connectivity index (χ3v) is 4.80. The Labute approximate surface area is 186 Å². The van der Waals surface area contributed by atoms with E-state index in [-0.39, 0.29) is 11.5 Å². The van der Waals surface area contributed by atoms with Crippen LogP contribution in [0.3, 0.4) is 0 Å². The highest BCUT2D eigenvalue weighted by Gasteiger charge is 2.03. The molecule has 0 bridgehead atoms. The summed E-state index contributed by atoms with van der Waals surface area (Å²) in [7, 11) is 0. The first-order valence-electron chi connectivity index (χ1n) is 10.5. The van der Waals surface area contributed by atoms with Crippen molar-refractivity contribution in [3.63, 3.8) is 0 Å². The van der Waals surface area contributed by atoms with E-state index in [0.29, 0.717) is 12.3 Å². The molecule has 0 aliphatic carbocycles. The number of aromatic nitrogens is 2. The summed E-state index contributed by atoms with van der Waals surface area (Å²) in [6, 6.07) is 29.1. The summed E-state index contributed by atoms with van der Waals surface area (Å²) in [5.74, 6) is 1.11. The van der Waals surface area contributed by atoms with Crippen molar-refractivity contribution in [1.82, 2.24) is 9.97 Å². The molecule has 3 aromatic carbocycles. The molecule has 6 nitrogen and oxygen atoms in total. The average Bonchev–Trinajstić information content (AvgIpc) is 2.84. The molecule has 0 amide bonds. The van der Waals surface area contributed by atoms with Crippen LogP contribution in [-0.2, 0) is 6.42 Å². The van der Waals surface area contributed by atoms with Gasteiger partial charge in [-0.2, -0.15) is 5.10 Å². The van der Waals surface area contributed by atoms with Crippen LogP contribution >= 0.6 is 0 Å². The van der Waals surface area contributed by atoms with Gasteiger partial charge in [-0.05, 0) is 48.2 Å². The van der Waals surface area contributed by atoms with Gasteiger partial charge in [0.1, 0.15) is 5.75 Å². The summed E-state index contributed by atoms with van der Waals surface area (Å²) in [5.41, 5.74) is 6.21. The summed E-state index contributed by atoms with van der Waals surface area (Å²) >= 11 is 0. The van der Waals surface area contributed by atoms with Gasteiger partial charge in [0, 0.05) is 11.6 Å². The van der Waals surface area contributed by atoms with Crippen LogP contribution in [0, 0.1) is 0 Å². The average molecular weight is 425 g/mol. The number of ether oxygens (including phenoxy) is 1. The molecule has 0 fully saturated rings. The number of benzene rings is 3. The van der Waals surface area contributed by atoms with E-state index in [1.54, 1.807) is 6.21 Å². The quantitative estimate of drug-likeness (QED) is 0.228. The predicted octanol–water partition coefficient (Wildman–Crippen LogP) is 4.89. The molecular formula is C26H24N4O2. The van der Waals surface area contributed by atoms with Crippen molar-refractivity contribution in [2.75, 3.05) is 12.0 Å². The molecular weight excluding hydrogens is 400 g/mol. The number of nitrogens with zero attached hydrogens (tertiary/aromatic N) is 2. The number of aryl methyl sites for hydroxylation is 1. The SMILES string of the molecule is O=c1cc(-c2ccccc2)nc(N/N=C\c2ccc(OCCCc3ccccc3)cc2)[nH]1. The second-order valence-corrected chi connectivity index (χ2v) is 7.22. The Morgan fingerprint density at radius 1 is 0.938 bits per heavy atom. The lowest BCUT2D eigenvalue weighted by Gasteiger charge is -2.06. The van der Waals surface area contributed by atoms with Crippen molar-refractivity contribution in [3.8, 4) is 17.0 Å². The third-order valence-electron chi connectivity index (χ3n) is 4.80. The van der Waals surface area contributed by atoms with Crippen LogP contribution in [0.25, 0.3) is 11.3 Å². The van der Waals surface area contributed by atoms with E-state index in [0.717, 1.165) is 29.7 Å². The smallest absolute Gasteiger partial charge is 0.252 e. The Morgan fingerprint density at radius 2 is 1.66 bits per heavy atom. The first-order chi connectivity index (χ1) is 15.8. The van der Waals surface area contributed by atoms with Gasteiger partial charge in [0.2, 0.25) is 5.95 Å². The van der Waals surface area contributed by atoms with Gasteiger partial charge in [-0.1, -0.05) is 60.7 Å². The fourth-order valence-corrected chi connectivity index (χ4v) is 3.20. The van der Waals surface area contributed by atoms with Crippen LogP contribution < -0.4 is 15.7 Å². The number of hydrogen-bond donors (Lipinski definition) is 2. The summed E-state index contributed by atoms with van der Waals surface area (Å²) in [4.78, 5) is 19.0. The zero-order valence-corrected chi connectivity index (χ0v) is 17.6. The fraction of sp³-hybridized carbons (Fsp3) is 0.115. The number of anilines is 1. The van der Waals surface area contributed by atoms with E-state index in [9.17, 15) is 4.79 Å². The second kappa shape index (κ2) is 10.7. The van der Waals surface area contributed by atoms with Crippen molar-refractivity contribution in [1.29, 1.82) is 0 Å². The number of hydrogen-bond acceptors (Lipinski definition) is 5. The lowest BCUT2D eigenvalue weighted by molar-refractivity contribution is 0.311. The van der Waals surface area contributed by atoms with Gasteiger partial charge in [0.25, 0.3) is 5.56 Å². The molecule has 0 spiro atoms. The molecule has 4 aromatic rings. The summed E-state index contributed by atoms with van der Waals surface area (Å²) in [6.07, 6.45) is 3.62. The van der Waals surface area contributed by atoms with Crippen LogP contribution in [0.1, 0.15) is 17.5 Å². The molecule has 0 aliphatic rings. The van der Waals surface area contributed by atoms with Gasteiger partial charge in [-0.3, -0.25) is 9.78 Å². The maximum Gasteiger partial charge on any atom is 0.252 e. The van der Waals surface area contributed by atoms with Gasteiger partial charge in [0.05, 0.1) is 18.5 Å². The molecule has 6 heteroatoms. The zero-order chi connectivity index (χ0) is 22.0. The number of aromatic amines is 1. The van der Waals surface area contributed by atoms with Crippen LogP contribution in [-0.4, -0.2) is 22.8 Å². The van der Waals surface area contributed by atoms with E-state index in [4.69, 9.17) is 4.74 Å². The summed E-state index contributed by atoms with van der Waals surface area (Å²) < 4.78 is 5.82. The first-order valence-corrected chi connectivity index (χ1v) is 10.5. The summed E-state index contributed by atoms with van der Waals surface area (Å²) in [6.45, 7) is 0.667. The topological polar surface area (TPSA) is 79.4 Å². The molecule has 2 N–H and O–H groups in total.